The molecule has 0 spiro atoms. The van der Waals surface area contributed by atoms with Crippen LogP contribution in [0.1, 0.15) is 19.3 Å². The fourth-order valence-electron chi connectivity index (χ4n) is 1.29. The first-order valence-electron chi connectivity index (χ1n) is 4.31. The number of hydrogen-bond donors (Lipinski definition) is 1. The van der Waals surface area contributed by atoms with Gasteiger partial charge in [-0.3, -0.25) is 4.79 Å². The Balaban J connectivity index is 2.43. The Kier molecular flexibility index (Phi) is 2.77. The molecule has 0 unspecified atom stereocenters. The number of rotatable bonds is 5. The van der Waals surface area contributed by atoms with E-state index in [1.807, 2.05) is 0 Å². The molecule has 0 bridgehead atoms. The maximum absolute atomic E-state index is 11.5. The summed E-state index contributed by atoms with van der Waals surface area (Å²) in [5, 5.41) is 0. The predicted octanol–water partition coefficient (Wildman–Crippen LogP) is -0.271. The van der Waals surface area contributed by atoms with Gasteiger partial charge in [-0.1, -0.05) is 0 Å². The standard InChI is InChI=1S/C8H15NO3S/c1-13(11,12)5-2-7(10)8(6-9)3-4-8/h2-6,9H2,1H3. The average Bonchev–Trinajstić information content (AvgIpc) is 2.79. The van der Waals surface area contributed by atoms with Crippen molar-refractivity contribution in [3.63, 3.8) is 0 Å². The van der Waals surface area contributed by atoms with Crippen molar-refractivity contribution in [1.29, 1.82) is 0 Å². The second-order valence-corrected chi connectivity index (χ2v) is 6.05. The first-order chi connectivity index (χ1) is 5.90. The van der Waals surface area contributed by atoms with Gasteiger partial charge in [0, 0.05) is 24.6 Å². The van der Waals surface area contributed by atoms with Crippen LogP contribution in [0, 0.1) is 5.41 Å². The Bertz CT molecular complexity index is 303. The van der Waals surface area contributed by atoms with E-state index in [9.17, 15) is 13.2 Å². The van der Waals surface area contributed by atoms with Crippen molar-refractivity contribution in [2.45, 2.75) is 19.3 Å². The molecule has 0 amide bonds. The van der Waals surface area contributed by atoms with Crippen molar-refractivity contribution in [1.82, 2.24) is 0 Å². The molecule has 1 rings (SSSR count). The number of sulfone groups is 1. The highest BCUT2D eigenvalue weighted by Crippen LogP contribution is 2.46. The quantitative estimate of drug-likeness (QED) is 0.670. The van der Waals surface area contributed by atoms with Gasteiger partial charge in [-0.25, -0.2) is 8.42 Å². The van der Waals surface area contributed by atoms with Crippen molar-refractivity contribution in [3.8, 4) is 0 Å². The molecule has 13 heavy (non-hydrogen) atoms. The highest BCUT2D eigenvalue weighted by atomic mass is 32.2. The van der Waals surface area contributed by atoms with Gasteiger partial charge in [0.15, 0.2) is 0 Å². The van der Waals surface area contributed by atoms with E-state index in [1.165, 1.54) is 0 Å². The van der Waals surface area contributed by atoms with E-state index >= 15 is 0 Å². The normalized spacial score (nSPS) is 19.8. The smallest absolute Gasteiger partial charge is 0.147 e. The fourth-order valence-corrected chi connectivity index (χ4v) is 1.85. The Morgan fingerprint density at radius 2 is 2.00 bits per heavy atom. The van der Waals surface area contributed by atoms with Crippen LogP contribution < -0.4 is 5.73 Å². The first kappa shape index (κ1) is 10.7. The molecule has 0 heterocycles. The van der Waals surface area contributed by atoms with Crippen LogP contribution in [-0.2, 0) is 14.6 Å². The minimum absolute atomic E-state index is 0.0143. The monoisotopic (exact) mass is 205 g/mol. The Hall–Kier alpha value is -0.420. The molecule has 0 aliphatic heterocycles. The summed E-state index contributed by atoms with van der Waals surface area (Å²) in [6.45, 7) is 0.357. The van der Waals surface area contributed by atoms with Crippen LogP contribution in [0.3, 0.4) is 0 Å². The van der Waals surface area contributed by atoms with Crippen molar-refractivity contribution in [2.24, 2.45) is 11.1 Å². The number of hydrogen-bond acceptors (Lipinski definition) is 4. The van der Waals surface area contributed by atoms with Crippen molar-refractivity contribution in [3.05, 3.63) is 0 Å². The molecule has 2 N–H and O–H groups in total. The molecule has 1 saturated carbocycles. The summed E-state index contributed by atoms with van der Waals surface area (Å²) < 4.78 is 21.6. The van der Waals surface area contributed by atoms with Crippen molar-refractivity contribution < 1.29 is 13.2 Å². The van der Waals surface area contributed by atoms with Gasteiger partial charge in [0.2, 0.25) is 0 Å². The summed E-state index contributed by atoms with van der Waals surface area (Å²) in [4.78, 5) is 11.5. The molecule has 1 aliphatic rings. The second kappa shape index (κ2) is 3.38. The van der Waals surface area contributed by atoms with Crippen molar-refractivity contribution >= 4 is 15.6 Å². The van der Waals surface area contributed by atoms with Crippen LogP contribution in [0.5, 0.6) is 0 Å². The van der Waals surface area contributed by atoms with E-state index in [0.717, 1.165) is 19.1 Å². The van der Waals surface area contributed by atoms with Gasteiger partial charge < -0.3 is 5.73 Å². The number of Topliss-reactive ketones (excluding diaryl/α,β-unsaturated/α-hetero) is 1. The SMILES string of the molecule is CS(=O)(=O)CCC(=O)C1(CN)CC1. The lowest BCUT2D eigenvalue weighted by molar-refractivity contribution is -0.123. The second-order valence-electron chi connectivity index (χ2n) is 3.79. The Labute approximate surface area is 78.4 Å². The molecule has 1 fully saturated rings. The summed E-state index contributed by atoms with van der Waals surface area (Å²) in [5.74, 6) is -0.0337. The molecule has 0 aromatic carbocycles. The van der Waals surface area contributed by atoms with E-state index in [0.29, 0.717) is 6.54 Å². The zero-order valence-electron chi connectivity index (χ0n) is 7.75. The van der Waals surface area contributed by atoms with E-state index < -0.39 is 9.84 Å². The lowest BCUT2D eigenvalue weighted by Gasteiger charge is -2.09. The maximum atomic E-state index is 11.5. The van der Waals surface area contributed by atoms with E-state index in [-0.39, 0.29) is 23.4 Å². The summed E-state index contributed by atoms with van der Waals surface area (Å²) in [7, 11) is -3.02. The minimum atomic E-state index is -3.02. The third-order valence-electron chi connectivity index (χ3n) is 2.54. The summed E-state index contributed by atoms with van der Waals surface area (Å²) in [6, 6.07) is 0. The summed E-state index contributed by atoms with van der Waals surface area (Å²) in [5.41, 5.74) is 5.08. The molecular formula is C8H15NO3S. The maximum Gasteiger partial charge on any atom is 0.147 e. The largest absolute Gasteiger partial charge is 0.329 e. The van der Waals surface area contributed by atoms with Crippen LogP contribution in [0.4, 0.5) is 0 Å². The van der Waals surface area contributed by atoms with Crippen LogP contribution in [-0.4, -0.2) is 32.8 Å². The topological polar surface area (TPSA) is 77.2 Å². The summed E-state index contributed by atoms with van der Waals surface area (Å²) in [6.07, 6.45) is 2.91. The first-order valence-corrected chi connectivity index (χ1v) is 6.37. The third-order valence-corrected chi connectivity index (χ3v) is 3.48. The molecule has 4 nitrogen and oxygen atoms in total. The van der Waals surface area contributed by atoms with Gasteiger partial charge in [-0.2, -0.15) is 0 Å². The predicted molar refractivity (Wildman–Crippen MR) is 50.1 cm³/mol. The van der Waals surface area contributed by atoms with Crippen LogP contribution in [0.2, 0.25) is 0 Å². The third kappa shape index (κ3) is 2.77. The molecule has 0 saturated heterocycles. The molecule has 0 radical (unpaired) electrons. The van der Waals surface area contributed by atoms with Crippen LogP contribution in [0.15, 0.2) is 0 Å². The van der Waals surface area contributed by atoms with Gasteiger partial charge in [-0.15, -0.1) is 0 Å². The Morgan fingerprint density at radius 1 is 1.46 bits per heavy atom. The molecular weight excluding hydrogens is 190 g/mol. The zero-order valence-corrected chi connectivity index (χ0v) is 8.56. The molecule has 76 valence electrons. The van der Waals surface area contributed by atoms with Gasteiger partial charge in [0.05, 0.1) is 5.75 Å². The highest BCUT2D eigenvalue weighted by molar-refractivity contribution is 7.90. The molecule has 1 aliphatic carbocycles. The number of carbonyl (C=O) groups is 1. The number of carbonyl (C=O) groups excluding carboxylic acids is 1. The van der Waals surface area contributed by atoms with E-state index in [1.54, 1.807) is 0 Å². The van der Waals surface area contributed by atoms with E-state index in [2.05, 4.69) is 0 Å². The van der Waals surface area contributed by atoms with Crippen molar-refractivity contribution in [2.75, 3.05) is 18.6 Å². The molecule has 0 aromatic rings. The van der Waals surface area contributed by atoms with Gasteiger partial charge in [-0.05, 0) is 12.8 Å². The Morgan fingerprint density at radius 3 is 2.31 bits per heavy atom. The summed E-state index contributed by atoms with van der Waals surface area (Å²) >= 11 is 0. The minimum Gasteiger partial charge on any atom is -0.329 e. The average molecular weight is 205 g/mol. The fraction of sp³-hybridized carbons (Fsp3) is 0.875. The lowest BCUT2D eigenvalue weighted by Crippen LogP contribution is -2.26. The van der Waals surface area contributed by atoms with Gasteiger partial charge in [0.1, 0.15) is 15.6 Å². The van der Waals surface area contributed by atoms with Crippen LogP contribution >= 0.6 is 0 Å². The van der Waals surface area contributed by atoms with Gasteiger partial charge in [0.25, 0.3) is 0 Å². The van der Waals surface area contributed by atoms with E-state index in [4.69, 9.17) is 5.73 Å². The molecule has 0 aromatic heterocycles. The lowest BCUT2D eigenvalue weighted by atomic mass is 10.00. The highest BCUT2D eigenvalue weighted by Gasteiger charge is 2.47. The number of ketones is 1. The molecule has 5 heteroatoms. The molecule has 0 atom stereocenters. The zero-order chi connectivity index (χ0) is 10.1. The van der Waals surface area contributed by atoms with Crippen LogP contribution in [0.25, 0.3) is 0 Å². The van der Waals surface area contributed by atoms with Gasteiger partial charge >= 0.3 is 0 Å². The number of nitrogens with two attached hydrogens (primary N) is 1.